The molecule has 2 heterocycles. The van der Waals surface area contributed by atoms with Crippen LogP contribution < -0.4 is 10.5 Å². The van der Waals surface area contributed by atoms with E-state index < -0.39 is 10.0 Å². The summed E-state index contributed by atoms with van der Waals surface area (Å²) in [6.07, 6.45) is 2.53. The summed E-state index contributed by atoms with van der Waals surface area (Å²) < 4.78 is 32.9. The molecule has 0 radical (unpaired) electrons. The number of hydrogen-bond acceptors (Lipinski definition) is 5. The second kappa shape index (κ2) is 9.09. The van der Waals surface area contributed by atoms with Crippen molar-refractivity contribution in [2.45, 2.75) is 50.2 Å². The zero-order valence-electron chi connectivity index (χ0n) is 16.4. The van der Waals surface area contributed by atoms with Crippen LogP contribution in [0.5, 0.6) is 0 Å². The number of nitrogens with two attached hydrogens (primary N) is 1. The highest BCUT2D eigenvalue weighted by Crippen LogP contribution is 2.28. The normalized spacial score (nSPS) is 24.6. The molecule has 7 nitrogen and oxygen atoms in total. The summed E-state index contributed by atoms with van der Waals surface area (Å²) in [4.78, 5) is 14.7. The zero-order chi connectivity index (χ0) is 19.7. The minimum Gasteiger partial charge on any atom is -0.377 e. The SMILES string of the molecule is CC1(C)CN(C(=O)c2ccc(S(=O)(=O)NCC3CCCO3)cc2)CCC1N.Cl. The van der Waals surface area contributed by atoms with Gasteiger partial charge < -0.3 is 15.4 Å². The lowest BCUT2D eigenvalue weighted by Crippen LogP contribution is -2.54. The highest BCUT2D eigenvalue weighted by Gasteiger charge is 2.35. The van der Waals surface area contributed by atoms with Gasteiger partial charge in [-0.1, -0.05) is 13.8 Å². The number of benzene rings is 1. The van der Waals surface area contributed by atoms with Gasteiger partial charge in [0.05, 0.1) is 11.0 Å². The van der Waals surface area contributed by atoms with E-state index in [1.54, 1.807) is 17.0 Å². The first-order valence-electron chi connectivity index (χ1n) is 9.45. The molecule has 1 aromatic carbocycles. The van der Waals surface area contributed by atoms with Crippen molar-refractivity contribution < 1.29 is 17.9 Å². The lowest BCUT2D eigenvalue weighted by atomic mass is 9.79. The molecule has 0 saturated carbocycles. The van der Waals surface area contributed by atoms with Crippen LogP contribution in [0.15, 0.2) is 29.2 Å². The smallest absolute Gasteiger partial charge is 0.253 e. The minimum atomic E-state index is -3.61. The van der Waals surface area contributed by atoms with E-state index in [0.717, 1.165) is 19.3 Å². The summed E-state index contributed by atoms with van der Waals surface area (Å²) in [7, 11) is -3.61. The topological polar surface area (TPSA) is 102 Å². The molecule has 9 heteroatoms. The van der Waals surface area contributed by atoms with Crippen LogP contribution in [0.25, 0.3) is 0 Å². The average Bonchev–Trinajstić information content (AvgIpc) is 3.15. The molecular weight excluding hydrogens is 402 g/mol. The number of piperidine rings is 1. The van der Waals surface area contributed by atoms with Crippen LogP contribution >= 0.6 is 12.4 Å². The maximum atomic E-state index is 12.8. The number of ether oxygens (including phenoxy) is 1. The first kappa shape index (κ1) is 23.1. The van der Waals surface area contributed by atoms with E-state index in [0.29, 0.717) is 25.3 Å². The third kappa shape index (κ3) is 5.24. The zero-order valence-corrected chi connectivity index (χ0v) is 18.0. The number of carbonyl (C=O) groups excluding carboxylic acids is 1. The molecule has 2 saturated heterocycles. The predicted molar refractivity (Wildman–Crippen MR) is 110 cm³/mol. The fourth-order valence-electron chi connectivity index (χ4n) is 3.60. The van der Waals surface area contributed by atoms with Crippen LogP contribution in [0, 0.1) is 5.41 Å². The predicted octanol–water partition coefficient (Wildman–Crippen LogP) is 1.77. The number of rotatable bonds is 5. The van der Waals surface area contributed by atoms with E-state index in [4.69, 9.17) is 10.5 Å². The first-order valence-corrected chi connectivity index (χ1v) is 10.9. The molecule has 3 N–H and O–H groups in total. The van der Waals surface area contributed by atoms with E-state index in [-0.39, 0.29) is 47.3 Å². The number of halogens is 1. The molecule has 0 bridgehead atoms. The van der Waals surface area contributed by atoms with Gasteiger partial charge in [-0.15, -0.1) is 12.4 Å². The Labute approximate surface area is 173 Å². The first-order chi connectivity index (χ1) is 12.7. The van der Waals surface area contributed by atoms with Crippen molar-refractivity contribution in [1.29, 1.82) is 0 Å². The van der Waals surface area contributed by atoms with Crippen LogP contribution in [0.2, 0.25) is 0 Å². The highest BCUT2D eigenvalue weighted by atomic mass is 35.5. The molecule has 2 aliphatic heterocycles. The van der Waals surface area contributed by atoms with Crippen molar-refractivity contribution in [1.82, 2.24) is 9.62 Å². The number of sulfonamides is 1. The quantitative estimate of drug-likeness (QED) is 0.739. The third-order valence-electron chi connectivity index (χ3n) is 5.54. The summed E-state index contributed by atoms with van der Waals surface area (Å²) in [6, 6.07) is 6.18. The van der Waals surface area contributed by atoms with Gasteiger partial charge in [-0.2, -0.15) is 0 Å². The van der Waals surface area contributed by atoms with E-state index in [9.17, 15) is 13.2 Å². The number of carbonyl (C=O) groups is 1. The van der Waals surface area contributed by atoms with Gasteiger partial charge in [0, 0.05) is 37.8 Å². The molecule has 28 heavy (non-hydrogen) atoms. The van der Waals surface area contributed by atoms with Gasteiger partial charge in [0.25, 0.3) is 5.91 Å². The van der Waals surface area contributed by atoms with E-state index in [1.807, 2.05) is 0 Å². The lowest BCUT2D eigenvalue weighted by molar-refractivity contribution is 0.0533. The van der Waals surface area contributed by atoms with E-state index >= 15 is 0 Å². The highest BCUT2D eigenvalue weighted by molar-refractivity contribution is 7.89. The third-order valence-corrected chi connectivity index (χ3v) is 6.98. The Morgan fingerprint density at radius 2 is 1.96 bits per heavy atom. The van der Waals surface area contributed by atoms with Gasteiger partial charge >= 0.3 is 0 Å². The Bertz CT molecular complexity index is 777. The summed E-state index contributed by atoms with van der Waals surface area (Å²) in [5.41, 5.74) is 6.48. The van der Waals surface area contributed by atoms with Crippen molar-refractivity contribution >= 4 is 28.3 Å². The van der Waals surface area contributed by atoms with Gasteiger partial charge in [-0.25, -0.2) is 13.1 Å². The Morgan fingerprint density at radius 1 is 1.29 bits per heavy atom. The second-order valence-corrected chi connectivity index (χ2v) is 9.89. The molecule has 0 aliphatic carbocycles. The van der Waals surface area contributed by atoms with Crippen molar-refractivity contribution in [2.75, 3.05) is 26.2 Å². The molecule has 3 rings (SSSR count). The Kier molecular flexibility index (Phi) is 7.50. The molecule has 2 fully saturated rings. The van der Waals surface area contributed by atoms with Crippen molar-refractivity contribution in [3.63, 3.8) is 0 Å². The summed E-state index contributed by atoms with van der Waals surface area (Å²) in [5.74, 6) is -0.0914. The molecular formula is C19H30ClN3O4S. The standard InChI is InChI=1S/C19H29N3O4S.ClH/c1-19(2)13-22(10-9-17(19)20)18(23)14-5-7-16(8-6-14)27(24,25)21-12-15-4-3-11-26-15;/h5-8,15,17,21H,3-4,9-13,20H2,1-2H3;1H. The van der Waals surface area contributed by atoms with Gasteiger partial charge in [0.1, 0.15) is 0 Å². The largest absolute Gasteiger partial charge is 0.377 e. The fourth-order valence-corrected chi connectivity index (χ4v) is 4.66. The average molecular weight is 432 g/mol. The van der Waals surface area contributed by atoms with Crippen molar-refractivity contribution in [3.8, 4) is 0 Å². The van der Waals surface area contributed by atoms with Crippen LogP contribution in [-0.2, 0) is 14.8 Å². The monoisotopic (exact) mass is 431 g/mol. The molecule has 2 aliphatic rings. The maximum Gasteiger partial charge on any atom is 0.253 e. The van der Waals surface area contributed by atoms with Crippen LogP contribution in [0.1, 0.15) is 43.5 Å². The molecule has 1 aromatic rings. The van der Waals surface area contributed by atoms with Crippen molar-refractivity contribution in [2.24, 2.45) is 11.1 Å². The van der Waals surface area contributed by atoms with Crippen LogP contribution in [0.4, 0.5) is 0 Å². The maximum absolute atomic E-state index is 12.8. The number of likely N-dealkylation sites (tertiary alicyclic amines) is 1. The van der Waals surface area contributed by atoms with Gasteiger partial charge in [-0.3, -0.25) is 4.79 Å². The Balaban J connectivity index is 0.00000280. The van der Waals surface area contributed by atoms with Crippen LogP contribution in [0.3, 0.4) is 0 Å². The fraction of sp³-hybridized carbons (Fsp3) is 0.632. The minimum absolute atomic E-state index is 0. The summed E-state index contributed by atoms with van der Waals surface area (Å²) >= 11 is 0. The van der Waals surface area contributed by atoms with Crippen molar-refractivity contribution in [3.05, 3.63) is 29.8 Å². The molecule has 2 atom stereocenters. The van der Waals surface area contributed by atoms with E-state index in [2.05, 4.69) is 18.6 Å². The summed E-state index contributed by atoms with van der Waals surface area (Å²) in [6.45, 7) is 6.29. The number of hydrogen-bond donors (Lipinski definition) is 2. The number of nitrogens with one attached hydrogen (secondary N) is 1. The van der Waals surface area contributed by atoms with Gasteiger partial charge in [0.2, 0.25) is 10.0 Å². The number of nitrogens with zero attached hydrogens (tertiary/aromatic N) is 1. The molecule has 0 spiro atoms. The van der Waals surface area contributed by atoms with Gasteiger partial charge in [0.15, 0.2) is 0 Å². The summed E-state index contributed by atoms with van der Waals surface area (Å²) in [5, 5.41) is 0. The van der Waals surface area contributed by atoms with E-state index in [1.165, 1.54) is 12.1 Å². The molecule has 2 unspecified atom stereocenters. The Hall–Kier alpha value is -1.19. The lowest BCUT2D eigenvalue weighted by Gasteiger charge is -2.42. The molecule has 0 aromatic heterocycles. The molecule has 158 valence electrons. The Morgan fingerprint density at radius 3 is 2.54 bits per heavy atom. The van der Waals surface area contributed by atoms with Gasteiger partial charge in [-0.05, 0) is 48.9 Å². The van der Waals surface area contributed by atoms with Crippen LogP contribution in [-0.4, -0.2) is 57.6 Å². The number of amides is 1. The second-order valence-electron chi connectivity index (χ2n) is 8.12. The molecule has 1 amide bonds.